The molecular formula is C24H29N5O. The van der Waals surface area contributed by atoms with E-state index in [9.17, 15) is 4.79 Å². The van der Waals surface area contributed by atoms with Gasteiger partial charge in [-0.2, -0.15) is 0 Å². The lowest BCUT2D eigenvalue weighted by Crippen LogP contribution is -2.48. The molecule has 0 atom stereocenters. The summed E-state index contributed by atoms with van der Waals surface area (Å²) in [5.74, 6) is 0.0561. The zero-order valence-electron chi connectivity index (χ0n) is 17.8. The third-order valence-electron chi connectivity index (χ3n) is 5.72. The van der Waals surface area contributed by atoms with Gasteiger partial charge in [-0.25, -0.2) is 9.97 Å². The highest BCUT2D eigenvalue weighted by Gasteiger charge is 2.20. The van der Waals surface area contributed by atoms with Crippen LogP contribution < -0.4 is 5.32 Å². The largest absolute Gasteiger partial charge is 0.325 e. The minimum Gasteiger partial charge on any atom is -0.325 e. The fourth-order valence-corrected chi connectivity index (χ4v) is 3.94. The van der Waals surface area contributed by atoms with Gasteiger partial charge in [0.05, 0.1) is 29.0 Å². The van der Waals surface area contributed by atoms with Gasteiger partial charge in [0.25, 0.3) is 0 Å². The predicted octanol–water partition coefficient (Wildman–Crippen LogP) is 3.26. The van der Waals surface area contributed by atoms with Crippen molar-refractivity contribution in [2.75, 3.05) is 38.0 Å². The zero-order valence-corrected chi connectivity index (χ0v) is 17.8. The minimum absolute atomic E-state index is 0.0561. The summed E-state index contributed by atoms with van der Waals surface area (Å²) in [4.78, 5) is 26.6. The lowest BCUT2D eigenvalue weighted by atomic mass is 10.1. The molecule has 156 valence electrons. The molecule has 30 heavy (non-hydrogen) atoms. The van der Waals surface area contributed by atoms with Crippen LogP contribution in [-0.4, -0.2) is 58.4 Å². The smallest absolute Gasteiger partial charge is 0.238 e. The topological polar surface area (TPSA) is 61.4 Å². The number of nitrogens with zero attached hydrogens (tertiary/aromatic N) is 4. The van der Waals surface area contributed by atoms with Crippen molar-refractivity contribution in [3.63, 3.8) is 0 Å². The minimum atomic E-state index is 0.0561. The van der Waals surface area contributed by atoms with E-state index in [-0.39, 0.29) is 5.91 Å². The Morgan fingerprint density at radius 3 is 2.30 bits per heavy atom. The summed E-state index contributed by atoms with van der Waals surface area (Å²) >= 11 is 0. The van der Waals surface area contributed by atoms with Gasteiger partial charge < -0.3 is 5.32 Å². The number of para-hydroxylation sites is 3. The van der Waals surface area contributed by atoms with Crippen LogP contribution >= 0.6 is 0 Å². The molecule has 0 radical (unpaired) electrons. The number of benzene rings is 2. The summed E-state index contributed by atoms with van der Waals surface area (Å²) in [6, 6.07) is 16.0. The molecule has 1 aliphatic heterocycles. The van der Waals surface area contributed by atoms with Gasteiger partial charge in [-0.1, -0.05) is 37.3 Å². The first-order chi connectivity index (χ1) is 14.6. The first-order valence-electron chi connectivity index (χ1n) is 10.7. The molecule has 6 nitrogen and oxygen atoms in total. The highest BCUT2D eigenvalue weighted by atomic mass is 16.2. The number of aromatic nitrogens is 2. The summed E-state index contributed by atoms with van der Waals surface area (Å²) in [7, 11) is 0. The first kappa shape index (κ1) is 20.4. The molecule has 3 aromatic rings. The van der Waals surface area contributed by atoms with Crippen molar-refractivity contribution in [2.24, 2.45) is 0 Å². The highest BCUT2D eigenvalue weighted by molar-refractivity contribution is 5.93. The fraction of sp³-hybridized carbons (Fsp3) is 0.375. The lowest BCUT2D eigenvalue weighted by Gasteiger charge is -2.34. The number of nitrogens with one attached hydrogen (secondary N) is 1. The molecular weight excluding hydrogens is 374 g/mol. The molecule has 1 amide bonds. The Morgan fingerprint density at radius 2 is 1.57 bits per heavy atom. The van der Waals surface area contributed by atoms with Crippen LogP contribution in [0.1, 0.15) is 23.9 Å². The Morgan fingerprint density at radius 1 is 0.933 bits per heavy atom. The Hall–Kier alpha value is -2.83. The lowest BCUT2D eigenvalue weighted by molar-refractivity contribution is -0.117. The van der Waals surface area contributed by atoms with E-state index in [4.69, 9.17) is 9.97 Å². The molecule has 1 aromatic heterocycles. The maximum Gasteiger partial charge on any atom is 0.238 e. The third kappa shape index (κ3) is 4.83. The van der Waals surface area contributed by atoms with E-state index in [2.05, 4.69) is 28.1 Å². The normalized spacial score (nSPS) is 15.4. The van der Waals surface area contributed by atoms with Crippen molar-refractivity contribution in [1.29, 1.82) is 0 Å². The molecule has 6 heteroatoms. The number of fused-ring (bicyclic) bond motifs is 1. The van der Waals surface area contributed by atoms with Gasteiger partial charge in [-0.15, -0.1) is 0 Å². The standard InChI is InChI=1S/C24H29N5O/c1-3-19-8-4-5-9-20(19)27-24(30)17-29-14-12-28(13-15-29)16-23-18(2)25-21-10-6-7-11-22(21)26-23/h4-11H,3,12-17H2,1-2H3,(H,27,30). The third-order valence-corrected chi connectivity index (χ3v) is 5.72. The molecule has 0 spiro atoms. The van der Waals surface area contributed by atoms with Gasteiger partial charge in [0, 0.05) is 38.4 Å². The first-order valence-corrected chi connectivity index (χ1v) is 10.7. The summed E-state index contributed by atoms with van der Waals surface area (Å²) < 4.78 is 0. The molecule has 1 saturated heterocycles. The predicted molar refractivity (Wildman–Crippen MR) is 120 cm³/mol. The fourth-order valence-electron chi connectivity index (χ4n) is 3.94. The number of hydrogen-bond acceptors (Lipinski definition) is 5. The summed E-state index contributed by atoms with van der Waals surface area (Å²) in [5.41, 5.74) is 6.01. The van der Waals surface area contributed by atoms with E-state index >= 15 is 0 Å². The number of rotatable bonds is 6. The van der Waals surface area contributed by atoms with Crippen molar-refractivity contribution in [1.82, 2.24) is 19.8 Å². The number of carbonyl (C=O) groups is 1. The monoisotopic (exact) mass is 403 g/mol. The number of anilines is 1. The number of piperazine rings is 1. The van der Waals surface area contributed by atoms with Crippen molar-refractivity contribution in [3.05, 3.63) is 65.5 Å². The van der Waals surface area contributed by atoms with Crippen LogP contribution in [0.3, 0.4) is 0 Å². The van der Waals surface area contributed by atoms with Gasteiger partial charge in [-0.05, 0) is 37.1 Å². The molecule has 0 unspecified atom stereocenters. The van der Waals surface area contributed by atoms with E-state index in [1.54, 1.807) is 0 Å². The van der Waals surface area contributed by atoms with Gasteiger partial charge in [0.15, 0.2) is 0 Å². The highest BCUT2D eigenvalue weighted by Crippen LogP contribution is 2.17. The Labute approximate surface area is 177 Å². The van der Waals surface area contributed by atoms with Crippen molar-refractivity contribution < 1.29 is 4.79 Å². The van der Waals surface area contributed by atoms with E-state index in [1.807, 2.05) is 49.4 Å². The van der Waals surface area contributed by atoms with Crippen LogP contribution in [0.4, 0.5) is 5.69 Å². The maximum absolute atomic E-state index is 12.5. The Kier molecular flexibility index (Phi) is 6.35. The second kappa shape index (κ2) is 9.32. The average molecular weight is 404 g/mol. The second-order valence-corrected chi connectivity index (χ2v) is 7.86. The van der Waals surface area contributed by atoms with Crippen LogP contribution in [0.25, 0.3) is 11.0 Å². The average Bonchev–Trinajstić information content (AvgIpc) is 2.76. The molecule has 0 aliphatic carbocycles. The molecule has 4 rings (SSSR count). The molecule has 2 heterocycles. The van der Waals surface area contributed by atoms with Crippen LogP contribution in [0.5, 0.6) is 0 Å². The van der Waals surface area contributed by atoms with E-state index < -0.39 is 0 Å². The molecule has 2 aromatic carbocycles. The van der Waals surface area contributed by atoms with Crippen LogP contribution in [-0.2, 0) is 17.8 Å². The van der Waals surface area contributed by atoms with Gasteiger partial charge in [0.2, 0.25) is 5.91 Å². The van der Waals surface area contributed by atoms with E-state index in [1.165, 1.54) is 5.56 Å². The van der Waals surface area contributed by atoms with E-state index in [0.717, 1.165) is 67.3 Å². The quantitative estimate of drug-likeness (QED) is 0.685. The van der Waals surface area contributed by atoms with Crippen LogP contribution in [0.2, 0.25) is 0 Å². The zero-order chi connectivity index (χ0) is 20.9. The Bertz CT molecular complexity index is 1030. The molecule has 0 saturated carbocycles. The van der Waals surface area contributed by atoms with Crippen LogP contribution in [0, 0.1) is 6.92 Å². The number of carbonyl (C=O) groups excluding carboxylic acids is 1. The maximum atomic E-state index is 12.5. The number of amides is 1. The van der Waals surface area contributed by atoms with Gasteiger partial charge >= 0.3 is 0 Å². The molecule has 0 bridgehead atoms. The van der Waals surface area contributed by atoms with Crippen molar-refractivity contribution in [3.8, 4) is 0 Å². The number of hydrogen-bond donors (Lipinski definition) is 1. The van der Waals surface area contributed by atoms with E-state index in [0.29, 0.717) is 6.54 Å². The summed E-state index contributed by atoms with van der Waals surface area (Å²) in [5, 5.41) is 3.07. The van der Waals surface area contributed by atoms with Crippen molar-refractivity contribution >= 4 is 22.6 Å². The summed E-state index contributed by atoms with van der Waals surface area (Å²) in [6.45, 7) is 8.97. The van der Waals surface area contributed by atoms with Gasteiger partial charge in [-0.3, -0.25) is 14.6 Å². The van der Waals surface area contributed by atoms with Crippen LogP contribution in [0.15, 0.2) is 48.5 Å². The number of aryl methyl sites for hydroxylation is 2. The van der Waals surface area contributed by atoms with Crippen molar-refractivity contribution in [2.45, 2.75) is 26.8 Å². The Balaban J connectivity index is 1.30. The molecule has 1 N–H and O–H groups in total. The molecule has 1 aliphatic rings. The second-order valence-electron chi connectivity index (χ2n) is 7.86. The molecule has 1 fully saturated rings. The SMILES string of the molecule is CCc1ccccc1NC(=O)CN1CCN(Cc2nc3ccccc3nc2C)CC1. The van der Waals surface area contributed by atoms with Gasteiger partial charge in [0.1, 0.15) is 0 Å². The summed E-state index contributed by atoms with van der Waals surface area (Å²) in [6.07, 6.45) is 0.909.